The number of amides is 1. The maximum atomic E-state index is 14.0. The second-order valence-electron chi connectivity index (χ2n) is 9.58. The summed E-state index contributed by atoms with van der Waals surface area (Å²) in [5.74, 6) is 0.664. The first-order valence-electron chi connectivity index (χ1n) is 12.6. The van der Waals surface area contributed by atoms with Crippen LogP contribution >= 0.6 is 11.6 Å². The molecule has 186 valence electrons. The summed E-state index contributed by atoms with van der Waals surface area (Å²) in [6.45, 7) is 2.92. The number of imidazole rings is 1. The molecule has 0 saturated carbocycles. The summed E-state index contributed by atoms with van der Waals surface area (Å²) >= 11 is 6.18. The molecule has 1 amide bonds. The average molecular weight is 510 g/mol. The van der Waals surface area contributed by atoms with Gasteiger partial charge < -0.3 is 14.6 Å². The van der Waals surface area contributed by atoms with E-state index in [9.17, 15) is 4.79 Å². The van der Waals surface area contributed by atoms with Crippen molar-refractivity contribution in [2.75, 3.05) is 12.4 Å². The summed E-state index contributed by atoms with van der Waals surface area (Å²) in [5, 5.41) is 3.87. The molecule has 0 aliphatic carbocycles. The highest BCUT2D eigenvalue weighted by Gasteiger charge is 2.29. The lowest BCUT2D eigenvalue weighted by molar-refractivity contribution is 0.102. The van der Waals surface area contributed by atoms with E-state index in [0.717, 1.165) is 70.8 Å². The number of methoxy groups -OCH3 is 1. The average Bonchev–Trinajstić information content (AvgIpc) is 3.32. The predicted molar refractivity (Wildman–Crippen MR) is 150 cm³/mol. The molecule has 0 spiro atoms. The summed E-state index contributed by atoms with van der Waals surface area (Å²) in [4.78, 5) is 14.0. The second kappa shape index (κ2) is 9.49. The Balaban J connectivity index is 1.60. The minimum atomic E-state index is -0.127. The van der Waals surface area contributed by atoms with Crippen molar-refractivity contribution < 1.29 is 9.53 Å². The molecule has 3 aromatic carbocycles. The van der Waals surface area contributed by atoms with E-state index in [2.05, 4.69) is 20.5 Å². The Labute approximate surface area is 221 Å². The quantitative estimate of drug-likeness (QED) is 0.264. The maximum Gasteiger partial charge on any atom is 0.273 e. The van der Waals surface area contributed by atoms with Crippen LogP contribution in [-0.4, -0.2) is 22.0 Å². The van der Waals surface area contributed by atoms with E-state index < -0.39 is 0 Å². The Bertz CT molecular complexity index is 1610. The van der Waals surface area contributed by atoms with Crippen molar-refractivity contribution in [3.05, 3.63) is 101 Å². The van der Waals surface area contributed by atoms with Crippen molar-refractivity contribution in [2.24, 2.45) is 0 Å². The van der Waals surface area contributed by atoms with Gasteiger partial charge >= 0.3 is 0 Å². The van der Waals surface area contributed by atoms with Crippen molar-refractivity contribution in [3.8, 4) is 28.1 Å². The topological polar surface area (TPSA) is 47.7 Å². The van der Waals surface area contributed by atoms with Gasteiger partial charge in [-0.25, -0.2) is 0 Å². The Morgan fingerprint density at radius 3 is 2.46 bits per heavy atom. The van der Waals surface area contributed by atoms with Crippen LogP contribution in [0.2, 0.25) is 5.02 Å². The van der Waals surface area contributed by atoms with E-state index in [1.807, 2.05) is 79.7 Å². The van der Waals surface area contributed by atoms with E-state index >= 15 is 0 Å². The molecule has 6 heteroatoms. The molecule has 0 radical (unpaired) electrons. The number of nitrogens with zero attached hydrogens (tertiary/aromatic N) is 2. The molecule has 1 aliphatic heterocycles. The van der Waals surface area contributed by atoms with E-state index in [1.54, 1.807) is 7.11 Å². The van der Waals surface area contributed by atoms with Gasteiger partial charge in [-0.05, 0) is 79.3 Å². The summed E-state index contributed by atoms with van der Waals surface area (Å²) in [6.07, 6.45) is 5.15. The molecule has 1 N–H and O–H groups in total. The molecule has 1 aliphatic rings. The van der Waals surface area contributed by atoms with Crippen LogP contribution < -0.4 is 10.1 Å². The van der Waals surface area contributed by atoms with Gasteiger partial charge in [0.1, 0.15) is 17.1 Å². The Hall–Kier alpha value is -3.96. The Morgan fingerprint density at radius 1 is 0.973 bits per heavy atom. The van der Waals surface area contributed by atoms with Gasteiger partial charge in [-0.3, -0.25) is 9.20 Å². The molecule has 2 aromatic heterocycles. The molecule has 37 heavy (non-hydrogen) atoms. The molecular weight excluding hydrogens is 482 g/mol. The van der Waals surface area contributed by atoms with E-state index in [1.165, 1.54) is 5.56 Å². The number of aromatic nitrogens is 2. The maximum absolute atomic E-state index is 14.0. The van der Waals surface area contributed by atoms with Crippen molar-refractivity contribution in [2.45, 2.75) is 32.7 Å². The van der Waals surface area contributed by atoms with Gasteiger partial charge in [-0.1, -0.05) is 48.0 Å². The van der Waals surface area contributed by atoms with Crippen molar-refractivity contribution >= 4 is 28.8 Å². The molecule has 5 nitrogen and oxygen atoms in total. The molecule has 5 aromatic rings. The lowest BCUT2D eigenvalue weighted by Crippen LogP contribution is -2.15. The number of rotatable bonds is 5. The number of carbonyl (C=O) groups is 1. The van der Waals surface area contributed by atoms with Gasteiger partial charge in [0.2, 0.25) is 0 Å². The minimum absolute atomic E-state index is 0.127. The zero-order chi connectivity index (χ0) is 25.5. The van der Waals surface area contributed by atoms with Gasteiger partial charge in [-0.15, -0.1) is 0 Å². The molecule has 0 unspecified atom stereocenters. The third kappa shape index (κ3) is 4.19. The summed E-state index contributed by atoms with van der Waals surface area (Å²) in [6, 6.07) is 23.8. The molecule has 0 fully saturated rings. The molecular formula is C31H28ClN3O2. The number of hydrogen-bond acceptors (Lipinski definition) is 2. The molecule has 0 atom stereocenters. The third-order valence-electron chi connectivity index (χ3n) is 7.14. The van der Waals surface area contributed by atoms with Gasteiger partial charge in [-0.2, -0.15) is 0 Å². The number of hydrogen-bond donors (Lipinski definition) is 1. The summed E-state index contributed by atoms with van der Waals surface area (Å²) in [7, 11) is 1.66. The summed E-state index contributed by atoms with van der Waals surface area (Å²) < 4.78 is 9.85. The second-order valence-corrected chi connectivity index (χ2v) is 10.0. The van der Waals surface area contributed by atoms with Crippen LogP contribution in [0.1, 0.15) is 34.5 Å². The fourth-order valence-corrected chi connectivity index (χ4v) is 5.57. The first-order valence-corrected chi connectivity index (χ1v) is 13.0. The van der Waals surface area contributed by atoms with Crippen LogP contribution in [0, 0.1) is 6.92 Å². The Kier molecular flexibility index (Phi) is 6.01. The van der Waals surface area contributed by atoms with E-state index in [4.69, 9.17) is 16.3 Å². The van der Waals surface area contributed by atoms with Crippen LogP contribution in [0.25, 0.3) is 28.0 Å². The number of benzene rings is 3. The van der Waals surface area contributed by atoms with E-state index in [0.29, 0.717) is 10.7 Å². The highest BCUT2D eigenvalue weighted by molar-refractivity contribution is 6.30. The van der Waals surface area contributed by atoms with Crippen LogP contribution in [-0.2, 0) is 13.0 Å². The van der Waals surface area contributed by atoms with Crippen molar-refractivity contribution in [3.63, 3.8) is 0 Å². The highest BCUT2D eigenvalue weighted by atomic mass is 35.5. The molecule has 0 bridgehead atoms. The zero-order valence-electron chi connectivity index (χ0n) is 20.9. The number of nitrogens with one attached hydrogen (secondary N) is 1. The number of ether oxygens (including phenoxy) is 1. The van der Waals surface area contributed by atoms with Gasteiger partial charge in [0, 0.05) is 34.6 Å². The zero-order valence-corrected chi connectivity index (χ0v) is 21.7. The van der Waals surface area contributed by atoms with Crippen LogP contribution in [0.15, 0.2) is 79.0 Å². The van der Waals surface area contributed by atoms with Crippen LogP contribution in [0.5, 0.6) is 5.75 Å². The lowest BCUT2D eigenvalue weighted by atomic mass is 9.97. The minimum Gasteiger partial charge on any atom is -0.497 e. The summed E-state index contributed by atoms with van der Waals surface area (Å²) in [5.41, 5.74) is 8.98. The number of anilines is 1. The van der Waals surface area contributed by atoms with E-state index in [-0.39, 0.29) is 5.91 Å². The molecule has 6 rings (SSSR count). The lowest BCUT2D eigenvalue weighted by Gasteiger charge is -2.11. The number of aryl methyl sites for hydroxylation is 3. The van der Waals surface area contributed by atoms with Gasteiger partial charge in [0.15, 0.2) is 0 Å². The Morgan fingerprint density at radius 2 is 1.73 bits per heavy atom. The number of halogens is 1. The largest absolute Gasteiger partial charge is 0.497 e. The van der Waals surface area contributed by atoms with Crippen molar-refractivity contribution in [1.82, 2.24) is 8.97 Å². The monoisotopic (exact) mass is 509 g/mol. The van der Waals surface area contributed by atoms with Crippen molar-refractivity contribution in [1.29, 1.82) is 0 Å². The highest BCUT2D eigenvalue weighted by Crippen LogP contribution is 2.40. The van der Waals surface area contributed by atoms with Crippen LogP contribution in [0.3, 0.4) is 0 Å². The number of carbonyl (C=O) groups excluding carboxylic acids is 1. The predicted octanol–water partition coefficient (Wildman–Crippen LogP) is 7.63. The third-order valence-corrected chi connectivity index (χ3v) is 7.40. The van der Waals surface area contributed by atoms with Gasteiger partial charge in [0.05, 0.1) is 12.8 Å². The smallest absolute Gasteiger partial charge is 0.273 e. The molecule has 3 heterocycles. The normalized spacial score (nSPS) is 12.9. The first kappa shape index (κ1) is 23.4. The van der Waals surface area contributed by atoms with Gasteiger partial charge in [0.25, 0.3) is 5.91 Å². The standard InChI is InChI=1S/C31H28ClN3O2/c1-20-6-5-7-24(18-20)33-30(36)29-28(22-11-15-25(37-2)16-12-22)26-8-3-4-17-34-27(19-35(29)31(26)34)21-9-13-23(32)14-10-21/h5-7,9-16,18-19H,3-4,8,17H2,1-2H3,(H,33,36). The van der Waals surface area contributed by atoms with Crippen LogP contribution in [0.4, 0.5) is 5.69 Å². The fourth-order valence-electron chi connectivity index (χ4n) is 5.44. The first-order chi connectivity index (χ1) is 18.0. The molecule has 0 saturated heterocycles. The fraction of sp³-hybridized carbons (Fsp3) is 0.194. The SMILES string of the molecule is COc1ccc(-c2c3c4n(c(-c5ccc(Cl)cc5)cn4c2C(=O)Nc2cccc(C)c2)CCCC3)cc1.